The number of aromatic nitrogens is 3. The summed E-state index contributed by atoms with van der Waals surface area (Å²) in [5.74, 6) is 0.504. The molecule has 3 aromatic rings. The van der Waals surface area contributed by atoms with Crippen LogP contribution in [0.1, 0.15) is 16.9 Å². The highest BCUT2D eigenvalue weighted by atomic mass is 35.5. The van der Waals surface area contributed by atoms with Crippen LogP contribution in [0.4, 0.5) is 5.13 Å². The lowest BCUT2D eigenvalue weighted by Crippen LogP contribution is -2.39. The Bertz CT molecular complexity index is 1040. The van der Waals surface area contributed by atoms with Crippen molar-refractivity contribution in [2.24, 2.45) is 7.05 Å². The number of carbonyl (C=O) groups is 1. The smallest absolute Gasteiger partial charge is 0.278 e. The van der Waals surface area contributed by atoms with Crippen molar-refractivity contribution in [1.29, 1.82) is 0 Å². The van der Waals surface area contributed by atoms with Crippen molar-refractivity contribution in [2.45, 2.75) is 6.42 Å². The van der Waals surface area contributed by atoms with Crippen molar-refractivity contribution >= 4 is 56.6 Å². The van der Waals surface area contributed by atoms with E-state index >= 15 is 0 Å². The van der Waals surface area contributed by atoms with Crippen molar-refractivity contribution in [3.8, 4) is 5.75 Å². The minimum Gasteiger partial charge on any atom is -0.494 e. The zero-order chi connectivity index (χ0) is 21.1. The molecule has 1 amide bonds. The summed E-state index contributed by atoms with van der Waals surface area (Å²) >= 11 is 7.79. The van der Waals surface area contributed by atoms with Crippen LogP contribution in [0.2, 0.25) is 5.02 Å². The number of fused-ring (bicyclic) bond motifs is 1. The van der Waals surface area contributed by atoms with Crippen molar-refractivity contribution in [1.82, 2.24) is 19.7 Å². The minimum atomic E-state index is -0.133. The van der Waals surface area contributed by atoms with Gasteiger partial charge in [0.25, 0.3) is 5.91 Å². The Morgan fingerprint density at radius 3 is 2.77 bits per heavy atom. The van der Waals surface area contributed by atoms with E-state index in [1.807, 2.05) is 0 Å². The van der Waals surface area contributed by atoms with Gasteiger partial charge in [-0.3, -0.25) is 19.3 Å². The highest BCUT2D eigenvalue weighted by molar-refractivity contribution is 7.23. The molecule has 1 fully saturated rings. The first kappa shape index (κ1) is 23.7. The molecular formula is C20H25Cl2N5O3S. The number of morpholine rings is 1. The third kappa shape index (κ3) is 5.12. The number of rotatable bonds is 7. The number of carbonyl (C=O) groups excluding carboxylic acids is 1. The van der Waals surface area contributed by atoms with E-state index < -0.39 is 0 Å². The number of amides is 1. The summed E-state index contributed by atoms with van der Waals surface area (Å²) in [4.78, 5) is 22.2. The lowest BCUT2D eigenvalue weighted by molar-refractivity contribution is 0.0376. The van der Waals surface area contributed by atoms with E-state index in [1.54, 1.807) is 48.1 Å². The maximum Gasteiger partial charge on any atom is 0.278 e. The van der Waals surface area contributed by atoms with E-state index in [0.717, 1.165) is 44.0 Å². The second-order valence-corrected chi connectivity index (χ2v) is 8.41. The van der Waals surface area contributed by atoms with Crippen LogP contribution in [0.25, 0.3) is 10.2 Å². The standard InChI is InChI=1S/C20H24ClN5O3S.ClH/c1-24-15(6-7-22-24)19(27)26(9-3-8-25-10-12-29-13-11-25)20-23-17-16(28-2)5-4-14(21)18(17)30-20;/h4-7H,3,8-13H2,1-2H3;1H. The number of ether oxygens (including phenoxy) is 2. The molecule has 3 heterocycles. The van der Waals surface area contributed by atoms with E-state index in [4.69, 9.17) is 26.1 Å². The fraction of sp³-hybridized carbons (Fsp3) is 0.450. The number of nitrogens with zero attached hydrogens (tertiary/aromatic N) is 5. The van der Waals surface area contributed by atoms with Crippen LogP contribution in [0.5, 0.6) is 5.75 Å². The highest BCUT2D eigenvalue weighted by Gasteiger charge is 2.25. The summed E-state index contributed by atoms with van der Waals surface area (Å²) in [6, 6.07) is 5.30. The Balaban J connectivity index is 0.00000272. The number of aryl methyl sites for hydroxylation is 1. The average molecular weight is 486 g/mol. The number of benzene rings is 1. The van der Waals surface area contributed by atoms with Crippen LogP contribution in [0.3, 0.4) is 0 Å². The Kier molecular flexibility index (Phi) is 8.12. The number of methoxy groups -OCH3 is 1. The fourth-order valence-electron chi connectivity index (χ4n) is 3.50. The normalized spacial score (nSPS) is 14.4. The van der Waals surface area contributed by atoms with E-state index in [1.165, 1.54) is 11.3 Å². The second kappa shape index (κ2) is 10.6. The van der Waals surface area contributed by atoms with Gasteiger partial charge >= 0.3 is 0 Å². The van der Waals surface area contributed by atoms with Crippen LogP contribution in [0, 0.1) is 0 Å². The van der Waals surface area contributed by atoms with Gasteiger partial charge in [-0.15, -0.1) is 12.4 Å². The molecule has 0 bridgehead atoms. The SMILES string of the molecule is COc1ccc(Cl)c2sc(N(CCCN3CCOCC3)C(=O)c3ccnn3C)nc12.Cl. The van der Waals surface area contributed by atoms with E-state index in [-0.39, 0.29) is 18.3 Å². The van der Waals surface area contributed by atoms with Crippen LogP contribution in [0.15, 0.2) is 24.4 Å². The van der Waals surface area contributed by atoms with Crippen LogP contribution in [-0.4, -0.2) is 72.1 Å². The van der Waals surface area contributed by atoms with E-state index in [0.29, 0.717) is 33.7 Å². The van der Waals surface area contributed by atoms with E-state index in [2.05, 4.69) is 10.00 Å². The number of hydrogen-bond acceptors (Lipinski definition) is 7. The van der Waals surface area contributed by atoms with Crippen molar-refractivity contribution in [3.05, 3.63) is 35.1 Å². The van der Waals surface area contributed by atoms with Crippen LogP contribution >= 0.6 is 35.3 Å². The molecule has 0 unspecified atom stereocenters. The van der Waals surface area contributed by atoms with Gasteiger partial charge in [-0.2, -0.15) is 5.10 Å². The third-order valence-electron chi connectivity index (χ3n) is 5.14. The molecule has 1 aliphatic heterocycles. The van der Waals surface area contributed by atoms with Crippen molar-refractivity contribution < 1.29 is 14.3 Å². The Labute approximate surface area is 196 Å². The van der Waals surface area contributed by atoms with Crippen LogP contribution in [-0.2, 0) is 11.8 Å². The molecule has 1 aromatic carbocycles. The summed E-state index contributed by atoms with van der Waals surface area (Å²) in [6.45, 7) is 4.80. The summed E-state index contributed by atoms with van der Waals surface area (Å²) in [5, 5.41) is 5.34. The molecule has 1 saturated heterocycles. The molecule has 0 radical (unpaired) electrons. The number of hydrogen-bond donors (Lipinski definition) is 0. The molecule has 4 rings (SSSR count). The van der Waals surface area contributed by atoms with Gasteiger partial charge in [0, 0.05) is 39.4 Å². The van der Waals surface area contributed by atoms with Crippen LogP contribution < -0.4 is 9.64 Å². The molecule has 0 aliphatic carbocycles. The lowest BCUT2D eigenvalue weighted by Gasteiger charge is -2.27. The fourth-order valence-corrected chi connectivity index (χ4v) is 4.79. The Morgan fingerprint density at radius 1 is 1.32 bits per heavy atom. The second-order valence-electron chi connectivity index (χ2n) is 7.03. The Hall–Kier alpha value is -1.91. The first-order chi connectivity index (χ1) is 14.6. The predicted octanol–water partition coefficient (Wildman–Crippen LogP) is 3.48. The van der Waals surface area contributed by atoms with Gasteiger partial charge in [0.1, 0.15) is 17.0 Å². The first-order valence-electron chi connectivity index (χ1n) is 9.81. The topological polar surface area (TPSA) is 72.7 Å². The maximum atomic E-state index is 13.4. The van der Waals surface area contributed by atoms with Gasteiger partial charge in [-0.25, -0.2) is 4.98 Å². The van der Waals surface area contributed by atoms with Gasteiger partial charge in [0.15, 0.2) is 5.13 Å². The summed E-state index contributed by atoms with van der Waals surface area (Å²) in [7, 11) is 3.36. The summed E-state index contributed by atoms with van der Waals surface area (Å²) in [6.07, 6.45) is 2.45. The summed E-state index contributed by atoms with van der Waals surface area (Å²) < 4.78 is 13.2. The van der Waals surface area contributed by atoms with E-state index in [9.17, 15) is 4.79 Å². The average Bonchev–Trinajstić information content (AvgIpc) is 3.39. The maximum absolute atomic E-state index is 13.4. The molecule has 11 heteroatoms. The number of halogens is 2. The molecule has 8 nitrogen and oxygen atoms in total. The minimum absolute atomic E-state index is 0. The lowest BCUT2D eigenvalue weighted by atomic mass is 10.3. The van der Waals surface area contributed by atoms with Gasteiger partial charge in [0.2, 0.25) is 0 Å². The molecule has 31 heavy (non-hydrogen) atoms. The summed E-state index contributed by atoms with van der Waals surface area (Å²) in [5.41, 5.74) is 1.18. The quantitative estimate of drug-likeness (QED) is 0.509. The zero-order valence-electron chi connectivity index (χ0n) is 17.4. The molecule has 1 aliphatic rings. The molecular weight excluding hydrogens is 461 g/mol. The van der Waals surface area contributed by atoms with Gasteiger partial charge in [-0.1, -0.05) is 22.9 Å². The molecule has 0 atom stereocenters. The van der Waals surface area contributed by atoms with Gasteiger partial charge in [0.05, 0.1) is 30.0 Å². The first-order valence-corrected chi connectivity index (χ1v) is 11.0. The third-order valence-corrected chi connectivity index (χ3v) is 6.68. The van der Waals surface area contributed by atoms with Gasteiger partial charge in [-0.05, 0) is 24.6 Å². The zero-order valence-corrected chi connectivity index (χ0v) is 19.8. The Morgan fingerprint density at radius 2 is 2.10 bits per heavy atom. The van der Waals surface area contributed by atoms with Crippen molar-refractivity contribution in [2.75, 3.05) is 51.4 Å². The molecule has 0 saturated carbocycles. The largest absolute Gasteiger partial charge is 0.494 e. The van der Waals surface area contributed by atoms with Crippen molar-refractivity contribution in [3.63, 3.8) is 0 Å². The number of anilines is 1. The molecule has 168 valence electrons. The predicted molar refractivity (Wildman–Crippen MR) is 125 cm³/mol. The molecule has 0 N–H and O–H groups in total. The monoisotopic (exact) mass is 485 g/mol. The van der Waals surface area contributed by atoms with Gasteiger partial charge < -0.3 is 9.47 Å². The highest BCUT2D eigenvalue weighted by Crippen LogP contribution is 2.39. The molecule has 2 aromatic heterocycles. The molecule has 0 spiro atoms. The number of thiazole rings is 1.